The Hall–Kier alpha value is -2.24. The van der Waals surface area contributed by atoms with Gasteiger partial charge in [-0.05, 0) is 44.4 Å². The van der Waals surface area contributed by atoms with Crippen LogP contribution in [0.5, 0.6) is 11.5 Å². The second kappa shape index (κ2) is 8.41. The van der Waals surface area contributed by atoms with Crippen LogP contribution in [0.1, 0.15) is 31.7 Å². The molecule has 6 heteroatoms. The Morgan fingerprint density at radius 1 is 1.30 bits per heavy atom. The molecule has 1 fully saturated rings. The predicted octanol–water partition coefficient (Wildman–Crippen LogP) is 2.46. The largest absolute Gasteiger partial charge is 0.493 e. The summed E-state index contributed by atoms with van der Waals surface area (Å²) >= 11 is 0. The monoisotopic (exact) mass is 320 g/mol. The number of hydrogen-bond donors (Lipinski definition) is 0. The fourth-order valence-electron chi connectivity index (χ4n) is 2.68. The Labute approximate surface area is 137 Å². The smallest absolute Gasteiger partial charge is 0.263 e. The van der Waals surface area contributed by atoms with Gasteiger partial charge in [0.1, 0.15) is 0 Å². The number of rotatable bonds is 6. The normalized spacial score (nSPS) is 18.0. The van der Waals surface area contributed by atoms with Crippen LogP contribution in [0, 0.1) is 0 Å². The maximum atomic E-state index is 12.1. The Morgan fingerprint density at radius 3 is 2.78 bits per heavy atom. The van der Waals surface area contributed by atoms with E-state index in [1.165, 1.54) is 6.42 Å². The molecule has 23 heavy (non-hydrogen) atoms. The van der Waals surface area contributed by atoms with Crippen LogP contribution in [0.15, 0.2) is 23.4 Å². The van der Waals surface area contributed by atoms with Crippen molar-refractivity contribution in [2.45, 2.75) is 32.2 Å². The van der Waals surface area contributed by atoms with E-state index in [9.17, 15) is 4.79 Å². The molecule has 0 unspecified atom stereocenters. The number of ether oxygens (including phenoxy) is 2. The summed E-state index contributed by atoms with van der Waals surface area (Å²) in [6, 6.07) is 5.71. The minimum Gasteiger partial charge on any atom is -0.493 e. The molecule has 1 aliphatic rings. The van der Waals surface area contributed by atoms with E-state index in [-0.39, 0.29) is 18.6 Å². The van der Waals surface area contributed by atoms with Crippen LogP contribution < -0.4 is 9.47 Å². The molecule has 0 spiro atoms. The fraction of sp³-hybridized carbons (Fsp3) is 0.529. The highest BCUT2D eigenvalue weighted by molar-refractivity contribution is 5.81. The van der Waals surface area contributed by atoms with Crippen molar-refractivity contribution in [3.05, 3.63) is 23.8 Å². The molecule has 2 rings (SSSR count). The van der Waals surface area contributed by atoms with Crippen molar-refractivity contribution in [2.75, 3.05) is 27.4 Å². The standard InChI is InChI=1S/C17H24N2O4/c1-13-6-4-5-9-19(13)17(20)12-23-18-11-14-7-8-15(21-2)16(10-14)22-3/h7-8,10-11,13H,4-6,9,12H2,1-3H3/b18-11-/t13-/m0/s1. The Bertz CT molecular complexity index is 560. The zero-order chi connectivity index (χ0) is 16.7. The predicted molar refractivity (Wildman–Crippen MR) is 88.1 cm³/mol. The van der Waals surface area contributed by atoms with Crippen LogP contribution in [-0.4, -0.2) is 50.4 Å². The van der Waals surface area contributed by atoms with Crippen molar-refractivity contribution in [1.82, 2.24) is 4.90 Å². The summed E-state index contributed by atoms with van der Waals surface area (Å²) in [4.78, 5) is 19.1. The van der Waals surface area contributed by atoms with Crippen LogP contribution in [-0.2, 0) is 9.63 Å². The first kappa shape index (κ1) is 17.1. The molecule has 0 radical (unpaired) electrons. The first-order chi connectivity index (χ1) is 11.2. The molecule has 0 aliphatic carbocycles. The number of methoxy groups -OCH3 is 2. The number of nitrogens with zero attached hydrogens (tertiary/aromatic N) is 2. The van der Waals surface area contributed by atoms with Crippen LogP contribution in [0.25, 0.3) is 0 Å². The van der Waals surface area contributed by atoms with Crippen molar-refractivity contribution >= 4 is 12.1 Å². The molecule has 0 bridgehead atoms. The minimum absolute atomic E-state index is 0.0124. The van der Waals surface area contributed by atoms with Gasteiger partial charge in [0.25, 0.3) is 5.91 Å². The summed E-state index contributed by atoms with van der Waals surface area (Å²) in [7, 11) is 3.16. The number of likely N-dealkylation sites (tertiary alicyclic amines) is 1. The summed E-state index contributed by atoms with van der Waals surface area (Å²) in [5.74, 6) is 1.26. The summed E-state index contributed by atoms with van der Waals surface area (Å²) in [5.41, 5.74) is 0.807. The third-order valence-electron chi connectivity index (χ3n) is 4.00. The van der Waals surface area contributed by atoms with E-state index in [1.54, 1.807) is 32.6 Å². The van der Waals surface area contributed by atoms with E-state index in [4.69, 9.17) is 14.3 Å². The lowest BCUT2D eigenvalue weighted by Gasteiger charge is -2.32. The first-order valence-corrected chi connectivity index (χ1v) is 7.82. The van der Waals surface area contributed by atoms with Gasteiger partial charge in [0, 0.05) is 18.2 Å². The summed E-state index contributed by atoms with van der Waals surface area (Å²) < 4.78 is 10.4. The number of carbonyl (C=O) groups is 1. The number of hydrogen-bond acceptors (Lipinski definition) is 5. The van der Waals surface area contributed by atoms with Gasteiger partial charge >= 0.3 is 0 Å². The maximum Gasteiger partial charge on any atom is 0.263 e. The molecule has 6 nitrogen and oxygen atoms in total. The molecule has 1 saturated heterocycles. The van der Waals surface area contributed by atoms with Gasteiger partial charge in [0.05, 0.1) is 20.4 Å². The molecular weight excluding hydrogens is 296 g/mol. The molecule has 1 atom stereocenters. The van der Waals surface area contributed by atoms with Crippen molar-refractivity contribution < 1.29 is 19.1 Å². The zero-order valence-electron chi connectivity index (χ0n) is 13.9. The van der Waals surface area contributed by atoms with Gasteiger partial charge in [0.15, 0.2) is 18.1 Å². The third kappa shape index (κ3) is 4.61. The Balaban J connectivity index is 1.85. The molecule has 1 aromatic carbocycles. The lowest BCUT2D eigenvalue weighted by atomic mass is 10.0. The molecule has 1 aliphatic heterocycles. The van der Waals surface area contributed by atoms with Gasteiger partial charge in [-0.15, -0.1) is 0 Å². The lowest BCUT2D eigenvalue weighted by Crippen LogP contribution is -2.43. The Kier molecular flexibility index (Phi) is 6.26. The number of benzene rings is 1. The summed E-state index contributed by atoms with van der Waals surface area (Å²) in [6.07, 6.45) is 4.85. The van der Waals surface area contributed by atoms with Crippen molar-refractivity contribution in [3.63, 3.8) is 0 Å². The van der Waals surface area contributed by atoms with E-state index in [0.717, 1.165) is 24.9 Å². The van der Waals surface area contributed by atoms with E-state index in [2.05, 4.69) is 12.1 Å². The van der Waals surface area contributed by atoms with Gasteiger partial charge < -0.3 is 19.2 Å². The number of carbonyl (C=O) groups excluding carboxylic acids is 1. The van der Waals surface area contributed by atoms with Crippen LogP contribution >= 0.6 is 0 Å². The van der Waals surface area contributed by atoms with E-state index < -0.39 is 0 Å². The molecule has 0 aromatic heterocycles. The highest BCUT2D eigenvalue weighted by Crippen LogP contribution is 2.26. The SMILES string of the molecule is COc1ccc(/C=N\OCC(=O)N2CCCC[C@@H]2C)cc1OC. The number of oxime groups is 1. The molecule has 1 aromatic rings. The summed E-state index contributed by atoms with van der Waals surface area (Å²) in [6.45, 7) is 2.85. The fourth-order valence-corrected chi connectivity index (χ4v) is 2.68. The first-order valence-electron chi connectivity index (χ1n) is 7.82. The van der Waals surface area contributed by atoms with Gasteiger partial charge in [-0.1, -0.05) is 5.16 Å². The highest BCUT2D eigenvalue weighted by atomic mass is 16.6. The molecule has 1 heterocycles. The average Bonchev–Trinajstić information content (AvgIpc) is 2.58. The lowest BCUT2D eigenvalue weighted by molar-refractivity contribution is -0.139. The second-order valence-corrected chi connectivity index (χ2v) is 5.55. The maximum absolute atomic E-state index is 12.1. The van der Waals surface area contributed by atoms with Gasteiger partial charge in [0.2, 0.25) is 0 Å². The molecule has 0 saturated carbocycles. The number of piperidine rings is 1. The van der Waals surface area contributed by atoms with Gasteiger partial charge in [-0.25, -0.2) is 0 Å². The van der Waals surface area contributed by atoms with Crippen molar-refractivity contribution in [1.29, 1.82) is 0 Å². The molecule has 0 N–H and O–H groups in total. The molecule has 1 amide bonds. The quantitative estimate of drug-likeness (QED) is 0.597. The van der Waals surface area contributed by atoms with Gasteiger partial charge in [-0.2, -0.15) is 0 Å². The topological polar surface area (TPSA) is 60.4 Å². The molecular formula is C17H24N2O4. The van der Waals surface area contributed by atoms with E-state index in [0.29, 0.717) is 11.5 Å². The second-order valence-electron chi connectivity index (χ2n) is 5.55. The van der Waals surface area contributed by atoms with E-state index >= 15 is 0 Å². The van der Waals surface area contributed by atoms with Crippen molar-refractivity contribution in [3.8, 4) is 11.5 Å². The third-order valence-corrected chi connectivity index (χ3v) is 4.00. The number of amides is 1. The molecule has 126 valence electrons. The van der Waals surface area contributed by atoms with Gasteiger partial charge in [-0.3, -0.25) is 4.79 Å². The zero-order valence-corrected chi connectivity index (χ0v) is 13.9. The van der Waals surface area contributed by atoms with Crippen LogP contribution in [0.4, 0.5) is 0 Å². The average molecular weight is 320 g/mol. The van der Waals surface area contributed by atoms with Crippen LogP contribution in [0.3, 0.4) is 0 Å². The van der Waals surface area contributed by atoms with E-state index in [1.807, 2.05) is 11.0 Å². The van der Waals surface area contributed by atoms with Crippen LogP contribution in [0.2, 0.25) is 0 Å². The highest BCUT2D eigenvalue weighted by Gasteiger charge is 2.23. The minimum atomic E-state index is -0.0336. The Morgan fingerprint density at radius 2 is 2.09 bits per heavy atom. The summed E-state index contributed by atoms with van der Waals surface area (Å²) in [5, 5.41) is 3.86. The van der Waals surface area contributed by atoms with Crippen molar-refractivity contribution in [2.24, 2.45) is 5.16 Å².